The molecule has 0 radical (unpaired) electrons. The molecule has 4 nitrogen and oxygen atoms in total. The van der Waals surface area contributed by atoms with E-state index in [2.05, 4.69) is 4.99 Å². The van der Waals surface area contributed by atoms with Crippen LogP contribution in [0.5, 0.6) is 0 Å². The van der Waals surface area contributed by atoms with E-state index >= 15 is 0 Å². The van der Waals surface area contributed by atoms with E-state index in [-0.39, 0.29) is 5.69 Å². The third kappa shape index (κ3) is 3.48. The molecule has 0 unspecified atom stereocenters. The number of aryl methyl sites for hydroxylation is 1. The number of rotatable bonds is 4. The van der Waals surface area contributed by atoms with E-state index < -0.39 is 4.92 Å². The zero-order valence-corrected chi connectivity index (χ0v) is 10.6. The SMILES string of the molecule is Cc1ccccc1C=NCc1ccc([N+](=O)[O-])cc1. The number of nitro benzene ring substituents is 1. The van der Waals surface area contributed by atoms with E-state index in [4.69, 9.17) is 0 Å². The van der Waals surface area contributed by atoms with Crippen LogP contribution in [0.15, 0.2) is 53.5 Å². The van der Waals surface area contributed by atoms with Gasteiger partial charge >= 0.3 is 0 Å². The Hall–Kier alpha value is -2.49. The predicted octanol–water partition coefficient (Wildman–Crippen LogP) is 3.52. The lowest BCUT2D eigenvalue weighted by Gasteiger charge is -1.99. The van der Waals surface area contributed by atoms with Crippen LogP contribution in [-0.4, -0.2) is 11.1 Å². The van der Waals surface area contributed by atoms with Gasteiger partial charge in [-0.05, 0) is 23.6 Å². The Labute approximate surface area is 111 Å². The molecule has 96 valence electrons. The first-order valence-corrected chi connectivity index (χ1v) is 5.95. The lowest BCUT2D eigenvalue weighted by atomic mass is 10.1. The van der Waals surface area contributed by atoms with E-state index in [0.29, 0.717) is 6.54 Å². The summed E-state index contributed by atoms with van der Waals surface area (Å²) in [4.78, 5) is 14.5. The highest BCUT2D eigenvalue weighted by Crippen LogP contribution is 2.12. The topological polar surface area (TPSA) is 55.5 Å². The van der Waals surface area contributed by atoms with Crippen LogP contribution in [-0.2, 0) is 6.54 Å². The molecule has 0 saturated carbocycles. The lowest BCUT2D eigenvalue weighted by Crippen LogP contribution is -1.90. The molecule has 0 bridgehead atoms. The number of nitrogens with zero attached hydrogens (tertiary/aromatic N) is 2. The molecule has 0 N–H and O–H groups in total. The molecule has 0 atom stereocenters. The van der Waals surface area contributed by atoms with Crippen molar-refractivity contribution in [2.45, 2.75) is 13.5 Å². The Kier molecular flexibility index (Phi) is 4.03. The van der Waals surface area contributed by atoms with Crippen molar-refractivity contribution in [3.63, 3.8) is 0 Å². The lowest BCUT2D eigenvalue weighted by molar-refractivity contribution is -0.384. The zero-order valence-electron chi connectivity index (χ0n) is 10.6. The van der Waals surface area contributed by atoms with Gasteiger partial charge in [0.1, 0.15) is 0 Å². The fraction of sp³-hybridized carbons (Fsp3) is 0.133. The Morgan fingerprint density at radius 2 is 1.84 bits per heavy atom. The van der Waals surface area contributed by atoms with Crippen molar-refractivity contribution >= 4 is 11.9 Å². The monoisotopic (exact) mass is 254 g/mol. The van der Waals surface area contributed by atoms with Crippen molar-refractivity contribution in [1.29, 1.82) is 0 Å². The van der Waals surface area contributed by atoms with Crippen LogP contribution in [0.3, 0.4) is 0 Å². The van der Waals surface area contributed by atoms with Crippen LogP contribution >= 0.6 is 0 Å². The van der Waals surface area contributed by atoms with Gasteiger partial charge in [0.15, 0.2) is 0 Å². The first kappa shape index (κ1) is 13.0. The minimum Gasteiger partial charge on any atom is -0.288 e. The summed E-state index contributed by atoms with van der Waals surface area (Å²) >= 11 is 0. The summed E-state index contributed by atoms with van der Waals surface area (Å²) in [5, 5.41) is 10.5. The van der Waals surface area contributed by atoms with Crippen molar-refractivity contribution in [2.75, 3.05) is 0 Å². The maximum atomic E-state index is 10.5. The fourth-order valence-electron chi connectivity index (χ4n) is 1.70. The van der Waals surface area contributed by atoms with Crippen LogP contribution in [0.25, 0.3) is 0 Å². The Bertz CT molecular complexity index is 604. The minimum absolute atomic E-state index is 0.103. The van der Waals surface area contributed by atoms with E-state index in [0.717, 1.165) is 11.1 Å². The van der Waals surface area contributed by atoms with E-state index in [1.165, 1.54) is 17.7 Å². The zero-order chi connectivity index (χ0) is 13.7. The highest BCUT2D eigenvalue weighted by atomic mass is 16.6. The summed E-state index contributed by atoms with van der Waals surface area (Å²) < 4.78 is 0. The quantitative estimate of drug-likeness (QED) is 0.476. The molecular weight excluding hydrogens is 240 g/mol. The highest BCUT2D eigenvalue weighted by molar-refractivity contribution is 5.81. The largest absolute Gasteiger partial charge is 0.288 e. The number of hydrogen-bond acceptors (Lipinski definition) is 3. The molecule has 0 aliphatic heterocycles. The van der Waals surface area contributed by atoms with Crippen molar-refractivity contribution < 1.29 is 4.92 Å². The van der Waals surface area contributed by atoms with Gasteiger partial charge in [0.05, 0.1) is 11.5 Å². The second-order valence-corrected chi connectivity index (χ2v) is 4.25. The summed E-state index contributed by atoms with van der Waals surface area (Å²) in [7, 11) is 0. The van der Waals surface area contributed by atoms with Gasteiger partial charge in [-0.15, -0.1) is 0 Å². The molecule has 0 amide bonds. The van der Waals surface area contributed by atoms with Crippen LogP contribution in [0.4, 0.5) is 5.69 Å². The number of benzene rings is 2. The van der Waals surface area contributed by atoms with E-state index in [1.54, 1.807) is 12.1 Å². The van der Waals surface area contributed by atoms with Crippen LogP contribution in [0, 0.1) is 17.0 Å². The Balaban J connectivity index is 2.03. The molecule has 2 rings (SSSR count). The van der Waals surface area contributed by atoms with Crippen LogP contribution < -0.4 is 0 Å². The molecular formula is C15H14N2O2. The summed E-state index contributed by atoms with van der Waals surface area (Å²) in [5.41, 5.74) is 3.32. The van der Waals surface area contributed by atoms with Crippen molar-refractivity contribution in [3.05, 3.63) is 75.3 Å². The third-order valence-electron chi connectivity index (χ3n) is 2.84. The number of nitro groups is 1. The molecule has 0 spiro atoms. The summed E-state index contributed by atoms with van der Waals surface area (Å²) in [6.45, 7) is 2.56. The standard InChI is InChI=1S/C15H14N2O2/c1-12-4-2-3-5-14(12)11-16-10-13-6-8-15(9-7-13)17(18)19/h2-9,11H,10H2,1H3. The average Bonchev–Trinajstić information content (AvgIpc) is 2.41. The summed E-state index contributed by atoms with van der Waals surface area (Å²) in [5.74, 6) is 0. The Morgan fingerprint density at radius 3 is 2.47 bits per heavy atom. The van der Waals surface area contributed by atoms with E-state index in [9.17, 15) is 10.1 Å². The maximum absolute atomic E-state index is 10.5. The second kappa shape index (κ2) is 5.91. The van der Waals surface area contributed by atoms with Crippen LogP contribution in [0.2, 0.25) is 0 Å². The van der Waals surface area contributed by atoms with Gasteiger partial charge < -0.3 is 0 Å². The molecule has 0 heterocycles. The molecule has 2 aromatic carbocycles. The molecule has 2 aromatic rings. The van der Waals surface area contributed by atoms with Crippen LogP contribution in [0.1, 0.15) is 16.7 Å². The van der Waals surface area contributed by atoms with Gasteiger partial charge in [-0.25, -0.2) is 0 Å². The van der Waals surface area contributed by atoms with Crippen molar-refractivity contribution in [2.24, 2.45) is 4.99 Å². The van der Waals surface area contributed by atoms with Gasteiger partial charge in [0.25, 0.3) is 5.69 Å². The van der Waals surface area contributed by atoms with E-state index in [1.807, 2.05) is 37.4 Å². The maximum Gasteiger partial charge on any atom is 0.269 e. The van der Waals surface area contributed by atoms with Gasteiger partial charge in [0.2, 0.25) is 0 Å². The molecule has 0 aliphatic carbocycles. The summed E-state index contributed by atoms with van der Waals surface area (Å²) in [6, 6.07) is 14.5. The molecule has 19 heavy (non-hydrogen) atoms. The first-order valence-electron chi connectivity index (χ1n) is 5.95. The molecule has 0 aliphatic rings. The minimum atomic E-state index is -0.402. The predicted molar refractivity (Wildman–Crippen MR) is 75.6 cm³/mol. The normalized spacial score (nSPS) is 10.8. The number of non-ortho nitro benzene ring substituents is 1. The summed E-state index contributed by atoms with van der Waals surface area (Å²) in [6.07, 6.45) is 1.83. The fourth-order valence-corrected chi connectivity index (χ4v) is 1.70. The van der Waals surface area contributed by atoms with Gasteiger partial charge in [-0.3, -0.25) is 15.1 Å². The number of aliphatic imine (C=N–C) groups is 1. The molecule has 0 saturated heterocycles. The van der Waals surface area contributed by atoms with Gasteiger partial charge in [-0.1, -0.05) is 36.4 Å². The highest BCUT2D eigenvalue weighted by Gasteiger charge is 2.02. The number of hydrogen-bond donors (Lipinski definition) is 0. The Morgan fingerprint density at radius 1 is 1.16 bits per heavy atom. The third-order valence-corrected chi connectivity index (χ3v) is 2.84. The molecule has 4 heteroatoms. The van der Waals surface area contributed by atoms with Gasteiger partial charge in [-0.2, -0.15) is 0 Å². The average molecular weight is 254 g/mol. The molecule has 0 aromatic heterocycles. The first-order chi connectivity index (χ1) is 9.16. The van der Waals surface area contributed by atoms with Crippen molar-refractivity contribution in [3.8, 4) is 0 Å². The molecule has 0 fully saturated rings. The van der Waals surface area contributed by atoms with Gasteiger partial charge in [0, 0.05) is 18.3 Å². The smallest absolute Gasteiger partial charge is 0.269 e. The van der Waals surface area contributed by atoms with Crippen molar-refractivity contribution in [1.82, 2.24) is 0 Å². The second-order valence-electron chi connectivity index (χ2n) is 4.25.